The number of hydrogen-bond acceptors (Lipinski definition) is 2. The van der Waals surface area contributed by atoms with E-state index in [2.05, 4.69) is 31.3 Å². The van der Waals surface area contributed by atoms with E-state index in [9.17, 15) is 9.59 Å². The Morgan fingerprint density at radius 1 is 1.00 bits per heavy atom. The normalized spacial score (nSPS) is 15.4. The number of amides is 2. The van der Waals surface area contributed by atoms with Gasteiger partial charge in [-0.3, -0.25) is 9.59 Å². The third kappa shape index (κ3) is 5.94. The highest BCUT2D eigenvalue weighted by atomic mass is 16.2. The molecular weight excluding hydrogens is 372 g/mol. The van der Waals surface area contributed by atoms with Crippen LogP contribution in [0.5, 0.6) is 0 Å². The standard InChI is InChI=1S/C26H34N2O2/c1-3-21-14-16-24(17-15-21)27-25(29)18-19-28(20(2)22-10-6-4-7-11-22)26(30)23-12-8-5-9-13-23/h4,6-7,10-11,14-17,20,23H,3,5,8-9,12-13,18-19H2,1-2H3,(H,27,29). The Bertz CT molecular complexity index is 811. The van der Waals surface area contributed by atoms with Gasteiger partial charge in [0.15, 0.2) is 0 Å². The highest BCUT2D eigenvalue weighted by molar-refractivity contribution is 5.91. The molecule has 0 aliphatic heterocycles. The Morgan fingerprint density at radius 3 is 2.30 bits per heavy atom. The number of hydrogen-bond donors (Lipinski definition) is 1. The summed E-state index contributed by atoms with van der Waals surface area (Å²) < 4.78 is 0. The fourth-order valence-electron chi connectivity index (χ4n) is 4.26. The highest BCUT2D eigenvalue weighted by Crippen LogP contribution is 2.29. The minimum absolute atomic E-state index is 0.0442. The molecule has 0 saturated heterocycles. The predicted octanol–water partition coefficient (Wildman–Crippen LogP) is 5.75. The lowest BCUT2D eigenvalue weighted by Crippen LogP contribution is -2.40. The lowest BCUT2D eigenvalue weighted by Gasteiger charge is -2.34. The molecule has 0 spiro atoms. The fraction of sp³-hybridized carbons (Fsp3) is 0.462. The lowest BCUT2D eigenvalue weighted by atomic mass is 9.87. The molecule has 0 aromatic heterocycles. The minimum Gasteiger partial charge on any atom is -0.335 e. The van der Waals surface area contributed by atoms with E-state index in [1.807, 2.05) is 47.4 Å². The second-order valence-corrected chi connectivity index (χ2v) is 8.30. The van der Waals surface area contributed by atoms with Crippen molar-refractivity contribution in [3.8, 4) is 0 Å². The summed E-state index contributed by atoms with van der Waals surface area (Å²) in [6, 6.07) is 18.0. The molecule has 2 amide bonds. The molecule has 1 fully saturated rings. The zero-order valence-electron chi connectivity index (χ0n) is 18.3. The van der Waals surface area contributed by atoms with Crippen LogP contribution in [-0.4, -0.2) is 23.3 Å². The van der Waals surface area contributed by atoms with Crippen LogP contribution in [-0.2, 0) is 16.0 Å². The summed E-state index contributed by atoms with van der Waals surface area (Å²) in [5, 5.41) is 2.97. The molecule has 1 aliphatic rings. The summed E-state index contributed by atoms with van der Waals surface area (Å²) in [4.78, 5) is 27.9. The number of benzene rings is 2. The van der Waals surface area contributed by atoms with Gasteiger partial charge in [0.1, 0.15) is 0 Å². The van der Waals surface area contributed by atoms with Gasteiger partial charge in [-0.25, -0.2) is 0 Å². The van der Waals surface area contributed by atoms with Gasteiger partial charge in [-0.05, 0) is 49.4 Å². The molecule has 4 heteroatoms. The zero-order chi connectivity index (χ0) is 21.3. The first-order valence-electron chi connectivity index (χ1n) is 11.3. The Morgan fingerprint density at radius 2 is 1.67 bits per heavy atom. The molecule has 30 heavy (non-hydrogen) atoms. The van der Waals surface area contributed by atoms with Crippen LogP contribution in [0.1, 0.15) is 69.5 Å². The van der Waals surface area contributed by atoms with Gasteiger partial charge in [-0.1, -0.05) is 68.7 Å². The zero-order valence-corrected chi connectivity index (χ0v) is 18.3. The van der Waals surface area contributed by atoms with Gasteiger partial charge in [-0.15, -0.1) is 0 Å². The molecule has 0 radical (unpaired) electrons. The first kappa shape index (κ1) is 22.1. The monoisotopic (exact) mass is 406 g/mol. The molecule has 0 heterocycles. The van der Waals surface area contributed by atoms with Crippen molar-refractivity contribution in [2.24, 2.45) is 5.92 Å². The summed E-state index contributed by atoms with van der Waals surface area (Å²) in [5.74, 6) is 0.238. The van der Waals surface area contributed by atoms with Crippen molar-refractivity contribution in [1.82, 2.24) is 4.90 Å². The van der Waals surface area contributed by atoms with Gasteiger partial charge < -0.3 is 10.2 Å². The van der Waals surface area contributed by atoms with Crippen molar-refractivity contribution >= 4 is 17.5 Å². The number of nitrogens with one attached hydrogen (secondary N) is 1. The number of carbonyl (C=O) groups excluding carboxylic acids is 2. The van der Waals surface area contributed by atoms with E-state index in [0.717, 1.165) is 43.4 Å². The third-order valence-corrected chi connectivity index (χ3v) is 6.21. The van der Waals surface area contributed by atoms with Gasteiger partial charge >= 0.3 is 0 Å². The van der Waals surface area contributed by atoms with Crippen molar-refractivity contribution in [3.05, 3.63) is 65.7 Å². The summed E-state index contributed by atoms with van der Waals surface area (Å²) in [5.41, 5.74) is 3.16. The van der Waals surface area contributed by atoms with Crippen LogP contribution in [0.2, 0.25) is 0 Å². The number of rotatable bonds is 8. The van der Waals surface area contributed by atoms with Crippen LogP contribution in [0, 0.1) is 5.92 Å². The molecule has 1 aliphatic carbocycles. The van der Waals surface area contributed by atoms with Gasteiger partial charge in [0.2, 0.25) is 11.8 Å². The van der Waals surface area contributed by atoms with E-state index in [1.54, 1.807) is 0 Å². The van der Waals surface area contributed by atoms with Gasteiger partial charge in [0.05, 0.1) is 6.04 Å². The van der Waals surface area contributed by atoms with Crippen molar-refractivity contribution in [2.45, 2.75) is 64.8 Å². The van der Waals surface area contributed by atoms with Crippen molar-refractivity contribution in [2.75, 3.05) is 11.9 Å². The molecule has 4 nitrogen and oxygen atoms in total. The maximum Gasteiger partial charge on any atom is 0.226 e. The van der Waals surface area contributed by atoms with E-state index in [-0.39, 0.29) is 23.8 Å². The maximum absolute atomic E-state index is 13.3. The lowest BCUT2D eigenvalue weighted by molar-refractivity contribution is -0.139. The van der Waals surface area contributed by atoms with E-state index in [4.69, 9.17) is 0 Å². The molecule has 1 saturated carbocycles. The molecule has 1 atom stereocenters. The van der Waals surface area contributed by atoms with Crippen molar-refractivity contribution in [1.29, 1.82) is 0 Å². The molecule has 3 rings (SSSR count). The number of nitrogens with zero attached hydrogens (tertiary/aromatic N) is 1. The molecular formula is C26H34N2O2. The SMILES string of the molecule is CCc1ccc(NC(=O)CCN(C(=O)C2CCCCC2)C(C)c2ccccc2)cc1. The second kappa shape index (κ2) is 11.0. The van der Waals surface area contributed by atoms with Gasteiger partial charge in [0, 0.05) is 24.6 Å². The van der Waals surface area contributed by atoms with Gasteiger partial charge in [-0.2, -0.15) is 0 Å². The largest absolute Gasteiger partial charge is 0.335 e. The summed E-state index contributed by atoms with van der Waals surface area (Å²) in [6.45, 7) is 4.61. The van der Waals surface area contributed by atoms with Crippen LogP contribution < -0.4 is 5.32 Å². The highest BCUT2D eigenvalue weighted by Gasteiger charge is 2.29. The number of aryl methyl sites for hydroxylation is 1. The molecule has 1 unspecified atom stereocenters. The molecule has 160 valence electrons. The summed E-state index contributed by atoms with van der Waals surface area (Å²) >= 11 is 0. The van der Waals surface area contributed by atoms with E-state index >= 15 is 0 Å². The predicted molar refractivity (Wildman–Crippen MR) is 122 cm³/mol. The average molecular weight is 407 g/mol. The molecule has 2 aromatic carbocycles. The summed E-state index contributed by atoms with van der Waals surface area (Å²) in [7, 11) is 0. The Hall–Kier alpha value is -2.62. The second-order valence-electron chi connectivity index (χ2n) is 8.30. The van der Waals surface area contributed by atoms with E-state index in [0.29, 0.717) is 13.0 Å². The van der Waals surface area contributed by atoms with Crippen LogP contribution in [0.3, 0.4) is 0 Å². The van der Waals surface area contributed by atoms with Gasteiger partial charge in [0.25, 0.3) is 0 Å². The van der Waals surface area contributed by atoms with Crippen LogP contribution in [0.15, 0.2) is 54.6 Å². The quantitative estimate of drug-likeness (QED) is 0.607. The Balaban J connectivity index is 1.66. The number of anilines is 1. The minimum atomic E-state index is -0.0547. The summed E-state index contributed by atoms with van der Waals surface area (Å²) in [6.07, 6.45) is 6.67. The van der Waals surface area contributed by atoms with E-state index in [1.165, 1.54) is 12.0 Å². The Labute approximate surface area is 180 Å². The topological polar surface area (TPSA) is 49.4 Å². The maximum atomic E-state index is 13.3. The first-order valence-corrected chi connectivity index (χ1v) is 11.3. The van der Waals surface area contributed by atoms with Crippen LogP contribution in [0.25, 0.3) is 0 Å². The van der Waals surface area contributed by atoms with Crippen LogP contribution in [0.4, 0.5) is 5.69 Å². The average Bonchev–Trinajstić information content (AvgIpc) is 2.80. The Kier molecular flexibility index (Phi) is 8.06. The first-order chi connectivity index (χ1) is 14.6. The fourth-order valence-corrected chi connectivity index (χ4v) is 4.26. The third-order valence-electron chi connectivity index (χ3n) is 6.21. The molecule has 1 N–H and O–H groups in total. The molecule has 0 bridgehead atoms. The van der Waals surface area contributed by atoms with Crippen molar-refractivity contribution in [3.63, 3.8) is 0 Å². The number of carbonyl (C=O) groups is 2. The van der Waals surface area contributed by atoms with E-state index < -0.39 is 0 Å². The smallest absolute Gasteiger partial charge is 0.226 e. The van der Waals surface area contributed by atoms with Crippen molar-refractivity contribution < 1.29 is 9.59 Å². The van der Waals surface area contributed by atoms with Crippen LogP contribution >= 0.6 is 0 Å². The molecule has 2 aromatic rings.